The zero-order valence-electron chi connectivity index (χ0n) is 12.1. The smallest absolute Gasteiger partial charge is 0.303 e. The van der Waals surface area contributed by atoms with Gasteiger partial charge >= 0.3 is 5.97 Å². The zero-order chi connectivity index (χ0) is 15.2. The van der Waals surface area contributed by atoms with Gasteiger partial charge < -0.3 is 10.0 Å². The quantitative estimate of drug-likeness (QED) is 0.849. The molecule has 0 unspecified atom stereocenters. The summed E-state index contributed by atoms with van der Waals surface area (Å²) >= 11 is 1.55. The molecule has 0 radical (unpaired) electrons. The van der Waals surface area contributed by atoms with Gasteiger partial charge in [-0.05, 0) is 38.7 Å². The Hall–Kier alpha value is -1.69. The lowest BCUT2D eigenvalue weighted by atomic mass is 9.98. The number of thiazole rings is 1. The van der Waals surface area contributed by atoms with Crippen molar-refractivity contribution >= 4 is 29.3 Å². The van der Waals surface area contributed by atoms with Crippen LogP contribution in [0.3, 0.4) is 0 Å². The number of aryl methyl sites for hydroxylation is 1. The van der Waals surface area contributed by atoms with Gasteiger partial charge in [-0.15, -0.1) is 11.3 Å². The van der Waals surface area contributed by atoms with Crippen LogP contribution in [0, 0.1) is 6.92 Å². The summed E-state index contributed by atoms with van der Waals surface area (Å²) in [5, 5.41) is 11.7. The summed E-state index contributed by atoms with van der Waals surface area (Å²) in [5.74, 6) is -0.850. The van der Waals surface area contributed by atoms with Gasteiger partial charge in [0.25, 0.3) is 0 Å². The van der Waals surface area contributed by atoms with Gasteiger partial charge in [-0.3, -0.25) is 9.59 Å². The molecule has 1 aromatic rings. The van der Waals surface area contributed by atoms with Crippen LogP contribution >= 0.6 is 11.3 Å². The SMILES string of the molecule is Cc1nc(/C=C\C(=O)N2CCCC[C@@H]2CCC(=O)O)cs1. The van der Waals surface area contributed by atoms with E-state index in [4.69, 9.17) is 5.11 Å². The van der Waals surface area contributed by atoms with Crippen molar-refractivity contribution < 1.29 is 14.7 Å². The Morgan fingerprint density at radius 1 is 1.52 bits per heavy atom. The van der Waals surface area contributed by atoms with E-state index in [1.54, 1.807) is 23.5 Å². The highest BCUT2D eigenvalue weighted by atomic mass is 32.1. The lowest BCUT2D eigenvalue weighted by Gasteiger charge is -2.35. The van der Waals surface area contributed by atoms with Crippen LogP contribution in [0.2, 0.25) is 0 Å². The number of aliphatic carboxylic acids is 1. The summed E-state index contributed by atoms with van der Waals surface area (Å²) in [6.45, 7) is 2.64. The second kappa shape index (κ2) is 7.36. The molecule has 1 amide bonds. The van der Waals surface area contributed by atoms with Crippen LogP contribution in [-0.4, -0.2) is 39.5 Å². The van der Waals surface area contributed by atoms with Gasteiger partial charge in [0, 0.05) is 30.5 Å². The molecule has 1 fully saturated rings. The van der Waals surface area contributed by atoms with E-state index in [1.807, 2.05) is 17.2 Å². The van der Waals surface area contributed by atoms with Crippen molar-refractivity contribution in [2.24, 2.45) is 0 Å². The lowest BCUT2D eigenvalue weighted by molar-refractivity contribution is -0.138. The number of carboxylic acid groups (broad SMARTS) is 1. The standard InChI is InChI=1S/C15H20N2O3S/c1-11-16-12(10-21-11)5-7-14(18)17-9-3-2-4-13(17)6-8-15(19)20/h5,7,10,13H,2-4,6,8-9H2,1H3,(H,19,20)/b7-5-/t13-/m1/s1. The molecule has 1 saturated heterocycles. The topological polar surface area (TPSA) is 70.5 Å². The number of carboxylic acids is 1. The van der Waals surface area contributed by atoms with Crippen LogP contribution in [-0.2, 0) is 9.59 Å². The number of rotatable bonds is 5. The number of amides is 1. The molecule has 0 spiro atoms. The van der Waals surface area contributed by atoms with Crippen LogP contribution in [0.5, 0.6) is 0 Å². The van der Waals surface area contributed by atoms with Crippen LogP contribution in [0.4, 0.5) is 0 Å². The fraction of sp³-hybridized carbons (Fsp3) is 0.533. The van der Waals surface area contributed by atoms with Crippen molar-refractivity contribution in [3.8, 4) is 0 Å². The van der Waals surface area contributed by atoms with Crippen molar-refractivity contribution in [3.63, 3.8) is 0 Å². The summed E-state index contributed by atoms with van der Waals surface area (Å²) < 4.78 is 0. The van der Waals surface area contributed by atoms with Gasteiger partial charge in [-0.25, -0.2) is 4.98 Å². The third-order valence-corrected chi connectivity index (χ3v) is 4.43. The summed E-state index contributed by atoms with van der Waals surface area (Å²) in [7, 11) is 0. The molecule has 0 aliphatic carbocycles. The third kappa shape index (κ3) is 4.67. The molecule has 0 saturated carbocycles. The maximum absolute atomic E-state index is 12.3. The fourth-order valence-corrected chi connectivity index (χ4v) is 3.17. The molecule has 1 aromatic heterocycles. The molecule has 5 nitrogen and oxygen atoms in total. The second-order valence-corrected chi connectivity index (χ2v) is 6.30. The Morgan fingerprint density at radius 3 is 3.00 bits per heavy atom. The summed E-state index contributed by atoms with van der Waals surface area (Å²) in [5.41, 5.74) is 0.796. The Balaban J connectivity index is 1.97. The zero-order valence-corrected chi connectivity index (χ0v) is 12.9. The van der Waals surface area contributed by atoms with E-state index < -0.39 is 5.97 Å². The maximum atomic E-state index is 12.3. The maximum Gasteiger partial charge on any atom is 0.303 e. The minimum atomic E-state index is -0.804. The van der Waals surface area contributed by atoms with E-state index in [1.165, 1.54) is 0 Å². The first kappa shape index (κ1) is 15.7. The molecule has 1 aliphatic heterocycles. The van der Waals surface area contributed by atoms with Crippen LogP contribution < -0.4 is 0 Å². The Morgan fingerprint density at radius 2 is 2.33 bits per heavy atom. The number of hydrogen-bond acceptors (Lipinski definition) is 4. The van der Waals surface area contributed by atoms with E-state index in [0.717, 1.165) is 30.0 Å². The van der Waals surface area contributed by atoms with Gasteiger partial charge in [0.2, 0.25) is 5.91 Å². The van der Waals surface area contributed by atoms with Crippen molar-refractivity contribution in [1.29, 1.82) is 0 Å². The summed E-state index contributed by atoms with van der Waals surface area (Å²) in [6.07, 6.45) is 6.86. The molecule has 1 N–H and O–H groups in total. The highest BCUT2D eigenvalue weighted by Crippen LogP contribution is 2.21. The number of nitrogens with zero attached hydrogens (tertiary/aromatic N) is 2. The van der Waals surface area contributed by atoms with E-state index in [-0.39, 0.29) is 18.4 Å². The number of carbonyl (C=O) groups excluding carboxylic acids is 1. The third-order valence-electron chi connectivity index (χ3n) is 3.64. The largest absolute Gasteiger partial charge is 0.481 e. The van der Waals surface area contributed by atoms with Crippen LogP contribution in [0.15, 0.2) is 11.5 Å². The minimum absolute atomic E-state index is 0.0455. The first-order chi connectivity index (χ1) is 10.1. The monoisotopic (exact) mass is 308 g/mol. The van der Waals surface area contributed by atoms with Crippen molar-refractivity contribution in [3.05, 3.63) is 22.2 Å². The van der Waals surface area contributed by atoms with Crippen LogP contribution in [0.25, 0.3) is 6.08 Å². The Bertz CT molecular complexity index is 539. The Kier molecular flexibility index (Phi) is 5.50. The number of piperidine rings is 1. The Labute approximate surface area is 128 Å². The highest BCUT2D eigenvalue weighted by Gasteiger charge is 2.25. The van der Waals surface area contributed by atoms with Crippen LogP contribution in [0.1, 0.15) is 42.8 Å². The molecule has 2 rings (SSSR count). The van der Waals surface area contributed by atoms with Gasteiger partial charge in [0.15, 0.2) is 0 Å². The van der Waals surface area contributed by atoms with Crippen molar-refractivity contribution in [2.45, 2.75) is 45.1 Å². The molecule has 0 bridgehead atoms. The fourth-order valence-electron chi connectivity index (χ4n) is 2.59. The molecule has 21 heavy (non-hydrogen) atoms. The molecule has 0 aromatic carbocycles. The number of carbonyl (C=O) groups is 2. The van der Waals surface area contributed by atoms with Crippen molar-refractivity contribution in [2.75, 3.05) is 6.54 Å². The first-order valence-corrected chi connectivity index (χ1v) is 8.07. The molecule has 114 valence electrons. The summed E-state index contributed by atoms with van der Waals surface area (Å²) in [4.78, 5) is 29.1. The number of likely N-dealkylation sites (tertiary alicyclic amines) is 1. The number of aromatic nitrogens is 1. The van der Waals surface area contributed by atoms with E-state index in [2.05, 4.69) is 4.98 Å². The second-order valence-electron chi connectivity index (χ2n) is 5.24. The highest BCUT2D eigenvalue weighted by molar-refractivity contribution is 7.09. The average Bonchev–Trinajstić information content (AvgIpc) is 2.88. The minimum Gasteiger partial charge on any atom is -0.481 e. The predicted molar refractivity (Wildman–Crippen MR) is 82.1 cm³/mol. The van der Waals surface area contributed by atoms with Gasteiger partial charge in [-0.1, -0.05) is 0 Å². The molecule has 6 heteroatoms. The molecular weight excluding hydrogens is 288 g/mol. The molecule has 2 heterocycles. The van der Waals surface area contributed by atoms with E-state index in [0.29, 0.717) is 13.0 Å². The molecule has 1 atom stereocenters. The predicted octanol–water partition coefficient (Wildman–Crippen LogP) is 2.71. The number of hydrogen-bond donors (Lipinski definition) is 1. The average molecular weight is 308 g/mol. The van der Waals surface area contributed by atoms with E-state index >= 15 is 0 Å². The first-order valence-electron chi connectivity index (χ1n) is 7.19. The van der Waals surface area contributed by atoms with Crippen molar-refractivity contribution in [1.82, 2.24) is 9.88 Å². The molecule has 1 aliphatic rings. The van der Waals surface area contributed by atoms with Gasteiger partial charge in [-0.2, -0.15) is 0 Å². The van der Waals surface area contributed by atoms with Gasteiger partial charge in [0.1, 0.15) is 0 Å². The van der Waals surface area contributed by atoms with E-state index in [9.17, 15) is 9.59 Å². The normalized spacial score (nSPS) is 19.1. The molecular formula is C15H20N2O3S. The summed E-state index contributed by atoms with van der Waals surface area (Å²) in [6, 6.07) is 0.0455. The lowest BCUT2D eigenvalue weighted by Crippen LogP contribution is -2.43. The van der Waals surface area contributed by atoms with Gasteiger partial charge in [0.05, 0.1) is 10.7 Å².